The summed E-state index contributed by atoms with van der Waals surface area (Å²) in [6.07, 6.45) is 0. The van der Waals surface area contributed by atoms with Crippen molar-refractivity contribution >= 4 is 21.8 Å². The lowest BCUT2D eigenvalue weighted by atomic mass is 10.1. The number of nitrogens with one attached hydrogen (secondary N) is 1. The lowest BCUT2D eigenvalue weighted by Gasteiger charge is -2.08. The number of halogens is 1. The summed E-state index contributed by atoms with van der Waals surface area (Å²) in [6.45, 7) is 3.39. The predicted molar refractivity (Wildman–Crippen MR) is 69.8 cm³/mol. The lowest BCUT2D eigenvalue weighted by molar-refractivity contribution is 0.0923. The van der Waals surface area contributed by atoms with Crippen LogP contribution in [-0.4, -0.2) is 36.1 Å². The van der Waals surface area contributed by atoms with E-state index in [2.05, 4.69) is 21.2 Å². The molecule has 0 saturated heterocycles. The van der Waals surface area contributed by atoms with E-state index in [0.717, 1.165) is 10.9 Å². The van der Waals surface area contributed by atoms with Crippen molar-refractivity contribution < 1.29 is 14.6 Å². The van der Waals surface area contributed by atoms with Crippen molar-refractivity contribution in [1.29, 1.82) is 0 Å². The molecule has 0 heterocycles. The van der Waals surface area contributed by atoms with E-state index in [1.54, 1.807) is 19.1 Å². The Morgan fingerprint density at radius 3 is 2.88 bits per heavy atom. The van der Waals surface area contributed by atoms with Gasteiger partial charge < -0.3 is 15.2 Å². The van der Waals surface area contributed by atoms with Gasteiger partial charge in [0.05, 0.1) is 13.2 Å². The highest BCUT2D eigenvalue weighted by Gasteiger charge is 2.08. The number of phenols is 1. The van der Waals surface area contributed by atoms with Gasteiger partial charge in [0.15, 0.2) is 0 Å². The van der Waals surface area contributed by atoms with Crippen molar-refractivity contribution in [3.05, 3.63) is 29.3 Å². The van der Waals surface area contributed by atoms with Crippen LogP contribution in [0.5, 0.6) is 5.75 Å². The number of carbonyl (C=O) groups is 1. The Balaban J connectivity index is 2.42. The molecule has 1 rings (SSSR count). The summed E-state index contributed by atoms with van der Waals surface area (Å²) in [5, 5.41) is 12.8. The quantitative estimate of drug-likeness (QED) is 0.623. The molecule has 0 saturated carbocycles. The molecule has 0 fully saturated rings. The number of hydrogen-bond donors (Lipinski definition) is 2. The predicted octanol–water partition coefficient (Wildman–Crippen LogP) is 1.84. The monoisotopic (exact) mass is 301 g/mol. The molecular formula is C12H16BrNO3. The number of amides is 1. The van der Waals surface area contributed by atoms with Crippen molar-refractivity contribution in [3.8, 4) is 5.75 Å². The van der Waals surface area contributed by atoms with E-state index in [0.29, 0.717) is 25.3 Å². The summed E-state index contributed by atoms with van der Waals surface area (Å²) in [4.78, 5) is 11.8. The fraction of sp³-hybridized carbons (Fsp3) is 0.417. The van der Waals surface area contributed by atoms with Crippen LogP contribution in [0.1, 0.15) is 15.9 Å². The van der Waals surface area contributed by atoms with Gasteiger partial charge in [-0.3, -0.25) is 4.79 Å². The van der Waals surface area contributed by atoms with Gasteiger partial charge in [-0.25, -0.2) is 0 Å². The first kappa shape index (κ1) is 14.0. The third-order valence-corrected chi connectivity index (χ3v) is 2.53. The molecule has 5 heteroatoms. The average molecular weight is 302 g/mol. The number of carbonyl (C=O) groups excluding carboxylic acids is 1. The van der Waals surface area contributed by atoms with Gasteiger partial charge in [-0.2, -0.15) is 0 Å². The Kier molecular flexibility index (Phi) is 6.00. The van der Waals surface area contributed by atoms with E-state index >= 15 is 0 Å². The number of phenolic OH excluding ortho intramolecular Hbond substituents is 1. The van der Waals surface area contributed by atoms with E-state index in [1.165, 1.54) is 6.07 Å². The van der Waals surface area contributed by atoms with Crippen molar-refractivity contribution in [3.63, 3.8) is 0 Å². The Hall–Kier alpha value is -1.07. The van der Waals surface area contributed by atoms with Crippen molar-refractivity contribution in [2.75, 3.05) is 25.1 Å². The first-order valence-electron chi connectivity index (χ1n) is 5.36. The molecule has 1 amide bonds. The summed E-state index contributed by atoms with van der Waals surface area (Å²) in [7, 11) is 0. The minimum atomic E-state index is -0.148. The van der Waals surface area contributed by atoms with Gasteiger partial charge in [-0.05, 0) is 30.7 Å². The van der Waals surface area contributed by atoms with Gasteiger partial charge >= 0.3 is 0 Å². The molecule has 0 aliphatic heterocycles. The van der Waals surface area contributed by atoms with Crippen LogP contribution in [0, 0.1) is 6.92 Å². The zero-order chi connectivity index (χ0) is 12.7. The average Bonchev–Trinajstić information content (AvgIpc) is 2.28. The highest BCUT2D eigenvalue weighted by Crippen LogP contribution is 2.15. The highest BCUT2D eigenvalue weighted by molar-refractivity contribution is 9.09. The van der Waals surface area contributed by atoms with E-state index < -0.39 is 0 Å². The van der Waals surface area contributed by atoms with Crippen molar-refractivity contribution in [1.82, 2.24) is 5.32 Å². The van der Waals surface area contributed by atoms with Crippen molar-refractivity contribution in [2.45, 2.75) is 6.92 Å². The third kappa shape index (κ3) is 4.75. The molecule has 0 aliphatic rings. The zero-order valence-electron chi connectivity index (χ0n) is 9.70. The van der Waals surface area contributed by atoms with Gasteiger partial charge in [0.1, 0.15) is 5.75 Å². The molecule has 94 valence electrons. The van der Waals surface area contributed by atoms with Crippen LogP contribution in [0.4, 0.5) is 0 Å². The Morgan fingerprint density at radius 2 is 2.24 bits per heavy atom. The number of hydrogen-bond acceptors (Lipinski definition) is 3. The first-order valence-corrected chi connectivity index (χ1v) is 6.49. The van der Waals surface area contributed by atoms with E-state index in [9.17, 15) is 9.90 Å². The van der Waals surface area contributed by atoms with Crippen molar-refractivity contribution in [2.24, 2.45) is 0 Å². The molecule has 1 aromatic rings. The molecule has 0 spiro atoms. The molecule has 17 heavy (non-hydrogen) atoms. The number of rotatable bonds is 6. The van der Waals surface area contributed by atoms with E-state index in [4.69, 9.17) is 4.74 Å². The highest BCUT2D eigenvalue weighted by atomic mass is 79.9. The molecule has 0 unspecified atom stereocenters. The third-order valence-electron chi connectivity index (χ3n) is 2.21. The second kappa shape index (κ2) is 7.29. The molecular weight excluding hydrogens is 286 g/mol. The van der Waals surface area contributed by atoms with E-state index in [1.807, 2.05) is 0 Å². The van der Waals surface area contributed by atoms with Crippen LogP contribution in [-0.2, 0) is 4.74 Å². The summed E-state index contributed by atoms with van der Waals surface area (Å²) in [5.74, 6) is 0.0182. The Bertz CT molecular complexity index is 382. The standard InChI is InChI=1S/C12H16BrNO3/c1-9-8-10(15)2-3-11(9)12(16)14-5-7-17-6-4-13/h2-3,8,15H,4-7H2,1H3,(H,14,16). The number of ether oxygens (including phenoxy) is 1. The van der Waals surface area contributed by atoms with E-state index in [-0.39, 0.29) is 11.7 Å². The largest absolute Gasteiger partial charge is 0.508 e. The van der Waals surface area contributed by atoms with Crippen LogP contribution < -0.4 is 5.32 Å². The fourth-order valence-corrected chi connectivity index (χ4v) is 1.62. The number of benzene rings is 1. The van der Waals surface area contributed by atoms with Gasteiger partial charge in [-0.15, -0.1) is 0 Å². The Morgan fingerprint density at radius 1 is 1.47 bits per heavy atom. The summed E-state index contributed by atoms with van der Waals surface area (Å²) < 4.78 is 5.22. The topological polar surface area (TPSA) is 58.6 Å². The molecule has 1 aromatic carbocycles. The second-order valence-corrected chi connectivity index (χ2v) is 4.35. The minimum Gasteiger partial charge on any atom is -0.508 e. The van der Waals surface area contributed by atoms with Gasteiger partial charge in [-0.1, -0.05) is 15.9 Å². The normalized spacial score (nSPS) is 10.2. The molecule has 0 aliphatic carbocycles. The van der Waals surface area contributed by atoms with Gasteiger partial charge in [0.25, 0.3) is 5.91 Å². The second-order valence-electron chi connectivity index (χ2n) is 3.56. The first-order chi connectivity index (χ1) is 8.15. The molecule has 0 bridgehead atoms. The molecule has 0 radical (unpaired) electrons. The molecule has 2 N–H and O–H groups in total. The van der Waals surface area contributed by atoms with Gasteiger partial charge in [0, 0.05) is 17.4 Å². The number of aromatic hydroxyl groups is 1. The molecule has 0 atom stereocenters. The maximum absolute atomic E-state index is 11.8. The smallest absolute Gasteiger partial charge is 0.251 e. The van der Waals surface area contributed by atoms with Crippen LogP contribution >= 0.6 is 15.9 Å². The fourth-order valence-electron chi connectivity index (χ4n) is 1.39. The maximum atomic E-state index is 11.8. The zero-order valence-corrected chi connectivity index (χ0v) is 11.3. The SMILES string of the molecule is Cc1cc(O)ccc1C(=O)NCCOCCBr. The summed E-state index contributed by atoms with van der Waals surface area (Å²) in [5.41, 5.74) is 1.33. The Labute approximate surface area is 109 Å². The molecule has 0 aromatic heterocycles. The number of alkyl halides is 1. The summed E-state index contributed by atoms with van der Waals surface area (Å²) >= 11 is 3.25. The minimum absolute atomic E-state index is 0.148. The van der Waals surface area contributed by atoms with Crippen LogP contribution in [0.2, 0.25) is 0 Å². The van der Waals surface area contributed by atoms with Crippen LogP contribution in [0.3, 0.4) is 0 Å². The number of aryl methyl sites for hydroxylation is 1. The summed E-state index contributed by atoms with van der Waals surface area (Å²) in [6, 6.07) is 4.68. The van der Waals surface area contributed by atoms with Gasteiger partial charge in [0.2, 0.25) is 0 Å². The molecule has 4 nitrogen and oxygen atoms in total. The lowest BCUT2D eigenvalue weighted by Crippen LogP contribution is -2.28. The maximum Gasteiger partial charge on any atom is 0.251 e. The van der Waals surface area contributed by atoms with Crippen LogP contribution in [0.15, 0.2) is 18.2 Å². The van der Waals surface area contributed by atoms with Crippen LogP contribution in [0.25, 0.3) is 0 Å².